The van der Waals surface area contributed by atoms with Gasteiger partial charge in [-0.05, 0) is 18.4 Å². The van der Waals surface area contributed by atoms with Crippen molar-refractivity contribution in [1.29, 1.82) is 0 Å². The number of amides is 1. The molecule has 8 heteroatoms. The van der Waals surface area contributed by atoms with Crippen LogP contribution in [0.1, 0.15) is 62.2 Å². The van der Waals surface area contributed by atoms with Gasteiger partial charge in [-0.3, -0.25) is 14.8 Å². The van der Waals surface area contributed by atoms with Crippen molar-refractivity contribution in [2.75, 3.05) is 19.6 Å². The number of piperidine rings is 3. The van der Waals surface area contributed by atoms with Crippen LogP contribution in [0.2, 0.25) is 0 Å². The fraction of sp³-hybridized carbons (Fsp3) is 0.556. The Morgan fingerprint density at radius 1 is 1.06 bits per heavy atom. The quantitative estimate of drug-likeness (QED) is 0.466. The van der Waals surface area contributed by atoms with Crippen LogP contribution in [0.15, 0.2) is 48.9 Å². The van der Waals surface area contributed by atoms with Crippen LogP contribution < -0.4 is 5.73 Å². The standard InChI is InChI=1S/C27H34N4O4/c28-25(32)24(22-17-29-13-14-30-22)31-15-11-19(12-16-31)23(18-31)35-26(33)27(34,20-7-3-1-4-8-20)21-9-5-2-6-10-21/h1,3-4,7-8,13-14,17,19,21,23-24,34H,2,5-6,9-12,15-16,18H2,(H-,28,32)/p+1/t19?,23-,24?,27?,31?/m0/s1. The highest BCUT2D eigenvalue weighted by Crippen LogP contribution is 2.44. The molecule has 1 aromatic carbocycles. The maximum absolute atomic E-state index is 13.8. The number of rotatable bonds is 7. The van der Waals surface area contributed by atoms with Crippen LogP contribution in [0, 0.1) is 11.8 Å². The molecule has 3 saturated heterocycles. The molecule has 0 spiro atoms. The van der Waals surface area contributed by atoms with Crippen LogP contribution in [-0.2, 0) is 19.9 Å². The van der Waals surface area contributed by atoms with Gasteiger partial charge < -0.3 is 20.1 Å². The van der Waals surface area contributed by atoms with Gasteiger partial charge in [0.15, 0.2) is 11.7 Å². The van der Waals surface area contributed by atoms with Gasteiger partial charge in [0.25, 0.3) is 5.91 Å². The van der Waals surface area contributed by atoms with Gasteiger partial charge in [0, 0.05) is 37.1 Å². The summed E-state index contributed by atoms with van der Waals surface area (Å²) in [4.78, 5) is 35.0. The Balaban J connectivity index is 1.42. The fourth-order valence-electron chi connectivity index (χ4n) is 6.77. The number of hydrogen-bond donors (Lipinski definition) is 2. The SMILES string of the molecule is NC(=O)C(c1cnccn1)[N+]12CCC(CC1)[C@@H](OC(=O)C(O)(c1ccccc1)C1CCCCC1)C2. The van der Waals surface area contributed by atoms with Crippen molar-refractivity contribution in [2.45, 2.75) is 62.7 Å². The first-order valence-electron chi connectivity index (χ1n) is 12.8. The molecule has 6 rings (SSSR count). The zero-order chi connectivity index (χ0) is 24.5. The lowest BCUT2D eigenvalue weighted by molar-refractivity contribution is -0.965. The van der Waals surface area contributed by atoms with Crippen molar-refractivity contribution < 1.29 is 23.9 Å². The smallest absolute Gasteiger partial charge is 0.343 e. The number of hydrogen-bond acceptors (Lipinski definition) is 6. The Morgan fingerprint density at radius 3 is 2.40 bits per heavy atom. The highest BCUT2D eigenvalue weighted by molar-refractivity contribution is 5.82. The van der Waals surface area contributed by atoms with Crippen LogP contribution in [-0.4, -0.2) is 57.2 Å². The summed E-state index contributed by atoms with van der Waals surface area (Å²) in [6, 6.07) is 8.58. The third-order valence-electron chi connectivity index (χ3n) is 8.62. The minimum Gasteiger partial charge on any atom is -0.454 e. The molecule has 3 atom stereocenters. The summed E-state index contributed by atoms with van der Waals surface area (Å²) < 4.78 is 6.61. The lowest BCUT2D eigenvalue weighted by Gasteiger charge is -2.54. The molecule has 35 heavy (non-hydrogen) atoms. The summed E-state index contributed by atoms with van der Waals surface area (Å²) >= 11 is 0. The van der Waals surface area contributed by atoms with Gasteiger partial charge >= 0.3 is 5.97 Å². The number of nitrogens with zero attached hydrogens (tertiary/aromatic N) is 3. The van der Waals surface area contributed by atoms with E-state index in [0.717, 1.165) is 58.0 Å². The Hall–Kier alpha value is -2.84. The minimum absolute atomic E-state index is 0.173. The lowest BCUT2D eigenvalue weighted by Crippen LogP contribution is -2.67. The third kappa shape index (κ3) is 4.34. The van der Waals surface area contributed by atoms with Crippen molar-refractivity contribution in [2.24, 2.45) is 17.6 Å². The molecule has 1 aromatic heterocycles. The van der Waals surface area contributed by atoms with E-state index in [1.54, 1.807) is 18.6 Å². The van der Waals surface area contributed by atoms with E-state index in [0.29, 0.717) is 22.3 Å². The minimum atomic E-state index is -1.67. The third-order valence-corrected chi connectivity index (χ3v) is 8.62. The molecule has 4 aliphatic rings. The van der Waals surface area contributed by atoms with E-state index in [1.807, 2.05) is 30.3 Å². The molecule has 1 saturated carbocycles. The number of esters is 1. The Labute approximate surface area is 206 Å². The molecule has 3 aliphatic heterocycles. The Bertz CT molecular complexity index is 1040. The Kier molecular flexibility index (Phi) is 6.59. The number of ether oxygens (including phenoxy) is 1. The summed E-state index contributed by atoms with van der Waals surface area (Å²) in [5.74, 6) is -0.976. The maximum atomic E-state index is 13.8. The molecular weight excluding hydrogens is 444 g/mol. The monoisotopic (exact) mass is 479 g/mol. The van der Waals surface area contributed by atoms with Crippen LogP contribution >= 0.6 is 0 Å². The highest BCUT2D eigenvalue weighted by atomic mass is 16.6. The van der Waals surface area contributed by atoms with Gasteiger partial charge in [0.1, 0.15) is 12.2 Å². The molecule has 0 radical (unpaired) electrons. The van der Waals surface area contributed by atoms with E-state index in [9.17, 15) is 14.7 Å². The molecule has 186 valence electrons. The highest BCUT2D eigenvalue weighted by Gasteiger charge is 2.56. The van der Waals surface area contributed by atoms with Crippen molar-refractivity contribution in [3.8, 4) is 0 Å². The average molecular weight is 480 g/mol. The number of aromatic nitrogens is 2. The number of benzene rings is 1. The number of carbonyl (C=O) groups excluding carboxylic acids is 2. The molecule has 2 unspecified atom stereocenters. The number of fused-ring (bicyclic) bond motifs is 3. The summed E-state index contributed by atoms with van der Waals surface area (Å²) in [6.07, 6.45) is 10.7. The first kappa shape index (κ1) is 23.9. The van der Waals surface area contributed by atoms with E-state index < -0.39 is 23.5 Å². The van der Waals surface area contributed by atoms with Gasteiger partial charge in [0.05, 0.1) is 19.3 Å². The van der Waals surface area contributed by atoms with Crippen LogP contribution in [0.5, 0.6) is 0 Å². The molecule has 2 aromatic rings. The van der Waals surface area contributed by atoms with Crippen LogP contribution in [0.25, 0.3) is 0 Å². The second-order valence-electron chi connectivity index (χ2n) is 10.5. The molecule has 2 bridgehead atoms. The van der Waals surface area contributed by atoms with Gasteiger partial charge in [-0.25, -0.2) is 4.79 Å². The maximum Gasteiger partial charge on any atom is 0.343 e. The largest absolute Gasteiger partial charge is 0.454 e. The molecule has 3 N–H and O–H groups in total. The van der Waals surface area contributed by atoms with Gasteiger partial charge in [-0.1, -0.05) is 49.6 Å². The molecule has 4 fully saturated rings. The van der Waals surface area contributed by atoms with E-state index in [4.69, 9.17) is 10.5 Å². The predicted octanol–water partition coefficient (Wildman–Crippen LogP) is 2.62. The molecule has 1 aliphatic carbocycles. The van der Waals surface area contributed by atoms with Crippen molar-refractivity contribution >= 4 is 11.9 Å². The summed E-state index contributed by atoms with van der Waals surface area (Å²) in [5.41, 5.74) is 5.37. The summed E-state index contributed by atoms with van der Waals surface area (Å²) in [5, 5.41) is 11.9. The zero-order valence-electron chi connectivity index (χ0n) is 20.1. The topological polar surface area (TPSA) is 115 Å². The van der Waals surface area contributed by atoms with Gasteiger partial charge in [-0.2, -0.15) is 0 Å². The molecular formula is C27H35N4O4+. The summed E-state index contributed by atoms with van der Waals surface area (Å²) in [6.45, 7) is 2.03. The van der Waals surface area contributed by atoms with Gasteiger partial charge in [-0.15, -0.1) is 0 Å². The number of primary amides is 1. The summed E-state index contributed by atoms with van der Waals surface area (Å²) in [7, 11) is 0. The first-order chi connectivity index (χ1) is 16.9. The van der Waals surface area contributed by atoms with E-state index in [2.05, 4.69) is 9.97 Å². The van der Waals surface area contributed by atoms with Gasteiger partial charge in [0.2, 0.25) is 6.04 Å². The second-order valence-corrected chi connectivity index (χ2v) is 10.5. The Morgan fingerprint density at radius 2 is 1.77 bits per heavy atom. The predicted molar refractivity (Wildman–Crippen MR) is 128 cm³/mol. The van der Waals surface area contributed by atoms with Crippen molar-refractivity contribution in [1.82, 2.24) is 9.97 Å². The number of carbonyl (C=O) groups is 2. The van der Waals surface area contributed by atoms with Crippen molar-refractivity contribution in [3.63, 3.8) is 0 Å². The van der Waals surface area contributed by atoms with Crippen LogP contribution in [0.3, 0.4) is 0 Å². The zero-order valence-corrected chi connectivity index (χ0v) is 20.1. The van der Waals surface area contributed by atoms with Crippen molar-refractivity contribution in [3.05, 3.63) is 60.2 Å². The molecule has 8 nitrogen and oxygen atoms in total. The fourth-order valence-corrected chi connectivity index (χ4v) is 6.77. The average Bonchev–Trinajstić information content (AvgIpc) is 2.90. The molecule has 4 heterocycles. The van der Waals surface area contributed by atoms with E-state index >= 15 is 0 Å². The van der Waals surface area contributed by atoms with E-state index in [-0.39, 0.29) is 17.9 Å². The first-order valence-corrected chi connectivity index (χ1v) is 12.8. The second kappa shape index (κ2) is 9.66. The normalized spacial score (nSPS) is 29.2. The van der Waals surface area contributed by atoms with Crippen LogP contribution in [0.4, 0.5) is 0 Å². The lowest BCUT2D eigenvalue weighted by atomic mass is 9.73. The number of nitrogens with two attached hydrogens (primary N) is 1. The van der Waals surface area contributed by atoms with E-state index in [1.165, 1.54) is 0 Å². The molecule has 1 amide bonds. The number of aliphatic hydroxyl groups is 1. The number of quaternary nitrogens is 1.